The first kappa shape index (κ1) is 18.1. The Kier molecular flexibility index (Phi) is 6.05. The minimum absolute atomic E-state index is 0.134. The van der Waals surface area contributed by atoms with Crippen LogP contribution in [0.15, 0.2) is 12.1 Å². The maximum Gasteiger partial charge on any atom is 0.251 e. The predicted octanol–water partition coefficient (Wildman–Crippen LogP) is 1.82. The van der Waals surface area contributed by atoms with Crippen LogP contribution in [0.1, 0.15) is 31.1 Å². The third kappa shape index (κ3) is 4.04. The van der Waals surface area contributed by atoms with Crippen molar-refractivity contribution in [1.82, 2.24) is 5.32 Å². The molecule has 0 bridgehead atoms. The molecule has 1 rings (SSSR count). The van der Waals surface area contributed by atoms with Crippen molar-refractivity contribution in [3.63, 3.8) is 0 Å². The fourth-order valence-electron chi connectivity index (χ4n) is 2.08. The molecule has 6 nitrogen and oxygen atoms in total. The summed E-state index contributed by atoms with van der Waals surface area (Å²) in [7, 11) is 4.54. The number of methoxy groups -OCH3 is 3. The molecule has 1 aromatic rings. The fourth-order valence-corrected chi connectivity index (χ4v) is 2.08. The molecule has 0 saturated carbocycles. The smallest absolute Gasteiger partial charge is 0.251 e. The zero-order chi connectivity index (χ0) is 16.9. The number of nitrogens with one attached hydrogen (secondary N) is 1. The van der Waals surface area contributed by atoms with Crippen molar-refractivity contribution < 1.29 is 19.0 Å². The Bertz CT molecular complexity index is 498. The van der Waals surface area contributed by atoms with E-state index in [1.54, 1.807) is 12.1 Å². The molecule has 0 heterocycles. The number of carbonyl (C=O) groups is 1. The molecular formula is C16H26N2O4. The lowest BCUT2D eigenvalue weighted by molar-refractivity contribution is 0.0904. The topological polar surface area (TPSA) is 82.8 Å². The number of hydrogen-bond donors (Lipinski definition) is 2. The number of amides is 1. The minimum Gasteiger partial charge on any atom is -0.493 e. The summed E-state index contributed by atoms with van der Waals surface area (Å²) in [5, 5.41) is 2.95. The summed E-state index contributed by atoms with van der Waals surface area (Å²) in [6.07, 6.45) is 0. The molecule has 0 saturated heterocycles. The van der Waals surface area contributed by atoms with Crippen LogP contribution in [0.2, 0.25) is 0 Å². The van der Waals surface area contributed by atoms with Crippen molar-refractivity contribution >= 4 is 5.91 Å². The van der Waals surface area contributed by atoms with Crippen LogP contribution in [0.4, 0.5) is 0 Å². The van der Waals surface area contributed by atoms with Crippen LogP contribution in [0.3, 0.4) is 0 Å². The number of hydrogen-bond acceptors (Lipinski definition) is 5. The zero-order valence-corrected chi connectivity index (χ0v) is 14.1. The highest BCUT2D eigenvalue weighted by molar-refractivity contribution is 5.95. The van der Waals surface area contributed by atoms with Crippen LogP contribution in [-0.4, -0.2) is 39.8 Å². The molecule has 0 aromatic heterocycles. The number of carbonyl (C=O) groups excluding carboxylic acids is 1. The van der Waals surface area contributed by atoms with Crippen molar-refractivity contribution in [1.29, 1.82) is 0 Å². The number of ether oxygens (including phenoxy) is 3. The normalized spacial score (nSPS) is 12.5. The molecule has 1 amide bonds. The molecule has 1 unspecified atom stereocenters. The van der Waals surface area contributed by atoms with Crippen molar-refractivity contribution in [2.75, 3.05) is 27.9 Å². The van der Waals surface area contributed by atoms with Gasteiger partial charge in [-0.2, -0.15) is 0 Å². The van der Waals surface area contributed by atoms with E-state index in [-0.39, 0.29) is 17.4 Å². The Labute approximate surface area is 131 Å². The summed E-state index contributed by atoms with van der Waals surface area (Å²) in [6.45, 7) is 6.44. The average Bonchev–Trinajstić information content (AvgIpc) is 2.49. The molecule has 0 radical (unpaired) electrons. The first-order valence-electron chi connectivity index (χ1n) is 7.09. The zero-order valence-electron chi connectivity index (χ0n) is 14.1. The summed E-state index contributed by atoms with van der Waals surface area (Å²) < 4.78 is 15.8. The maximum atomic E-state index is 12.5. The van der Waals surface area contributed by atoms with E-state index in [0.29, 0.717) is 29.4 Å². The lowest BCUT2D eigenvalue weighted by atomic mass is 9.86. The van der Waals surface area contributed by atoms with Gasteiger partial charge < -0.3 is 25.3 Å². The van der Waals surface area contributed by atoms with Gasteiger partial charge in [0.2, 0.25) is 5.75 Å². The van der Waals surface area contributed by atoms with E-state index in [9.17, 15) is 4.79 Å². The molecule has 0 spiro atoms. The Balaban J connectivity index is 3.13. The summed E-state index contributed by atoms with van der Waals surface area (Å²) in [5.74, 6) is 1.09. The van der Waals surface area contributed by atoms with Gasteiger partial charge in [0, 0.05) is 18.2 Å². The van der Waals surface area contributed by atoms with Gasteiger partial charge in [0.15, 0.2) is 11.5 Å². The number of nitrogens with two attached hydrogens (primary N) is 1. The van der Waals surface area contributed by atoms with Gasteiger partial charge in [0.1, 0.15) is 0 Å². The fraction of sp³-hybridized carbons (Fsp3) is 0.562. The third-order valence-corrected chi connectivity index (χ3v) is 3.51. The molecule has 22 heavy (non-hydrogen) atoms. The van der Waals surface area contributed by atoms with Crippen LogP contribution in [0.5, 0.6) is 17.2 Å². The maximum absolute atomic E-state index is 12.5. The second-order valence-corrected chi connectivity index (χ2v) is 6.04. The van der Waals surface area contributed by atoms with Gasteiger partial charge in [-0.25, -0.2) is 0 Å². The van der Waals surface area contributed by atoms with Gasteiger partial charge in [-0.05, 0) is 17.5 Å². The van der Waals surface area contributed by atoms with Gasteiger partial charge >= 0.3 is 0 Å². The van der Waals surface area contributed by atoms with Crippen LogP contribution < -0.4 is 25.3 Å². The minimum atomic E-state index is -0.232. The third-order valence-electron chi connectivity index (χ3n) is 3.51. The van der Waals surface area contributed by atoms with Crippen molar-refractivity contribution in [2.45, 2.75) is 26.8 Å². The quantitative estimate of drug-likeness (QED) is 0.837. The van der Waals surface area contributed by atoms with Gasteiger partial charge in [-0.3, -0.25) is 4.79 Å². The summed E-state index contributed by atoms with van der Waals surface area (Å²) in [6, 6.07) is 3.10. The SMILES string of the molecule is COc1cc(C(=O)NC(CN)C(C)(C)C)cc(OC)c1OC. The first-order valence-corrected chi connectivity index (χ1v) is 7.09. The highest BCUT2D eigenvalue weighted by atomic mass is 16.5. The average molecular weight is 310 g/mol. The second kappa shape index (κ2) is 7.35. The number of rotatable bonds is 6. The Morgan fingerprint density at radius 2 is 1.64 bits per heavy atom. The van der Waals surface area contributed by atoms with E-state index in [1.807, 2.05) is 20.8 Å². The monoisotopic (exact) mass is 310 g/mol. The summed E-state index contributed by atoms with van der Waals surface area (Å²) in [5.41, 5.74) is 6.05. The van der Waals surface area contributed by atoms with Gasteiger partial charge in [-0.1, -0.05) is 20.8 Å². The van der Waals surface area contributed by atoms with E-state index in [2.05, 4.69) is 5.32 Å². The highest BCUT2D eigenvalue weighted by Crippen LogP contribution is 2.38. The van der Waals surface area contributed by atoms with E-state index in [4.69, 9.17) is 19.9 Å². The standard InChI is InChI=1S/C16H26N2O4/c1-16(2,3)13(9-17)18-15(19)10-7-11(20-4)14(22-6)12(8-10)21-5/h7-8,13H,9,17H2,1-6H3,(H,18,19). The first-order chi connectivity index (χ1) is 10.3. The lowest BCUT2D eigenvalue weighted by Gasteiger charge is -2.30. The molecule has 0 aliphatic rings. The Morgan fingerprint density at radius 3 is 1.95 bits per heavy atom. The van der Waals surface area contributed by atoms with Crippen LogP contribution in [0, 0.1) is 5.41 Å². The Morgan fingerprint density at radius 1 is 1.14 bits per heavy atom. The van der Waals surface area contributed by atoms with Crippen LogP contribution >= 0.6 is 0 Å². The van der Waals surface area contributed by atoms with Gasteiger partial charge in [0.05, 0.1) is 21.3 Å². The van der Waals surface area contributed by atoms with E-state index >= 15 is 0 Å². The molecule has 0 aliphatic carbocycles. The van der Waals surface area contributed by atoms with E-state index in [0.717, 1.165) is 0 Å². The molecule has 3 N–H and O–H groups in total. The molecule has 1 atom stereocenters. The Hall–Kier alpha value is -1.95. The van der Waals surface area contributed by atoms with E-state index < -0.39 is 0 Å². The van der Waals surface area contributed by atoms with Crippen molar-refractivity contribution in [3.8, 4) is 17.2 Å². The molecule has 0 fully saturated rings. The molecule has 6 heteroatoms. The molecule has 124 valence electrons. The van der Waals surface area contributed by atoms with Crippen LogP contribution in [0.25, 0.3) is 0 Å². The van der Waals surface area contributed by atoms with Crippen molar-refractivity contribution in [2.24, 2.45) is 11.1 Å². The summed E-state index contributed by atoms with van der Waals surface area (Å²) >= 11 is 0. The second-order valence-electron chi connectivity index (χ2n) is 6.04. The lowest BCUT2D eigenvalue weighted by Crippen LogP contribution is -2.48. The predicted molar refractivity (Wildman–Crippen MR) is 85.9 cm³/mol. The molecule has 1 aromatic carbocycles. The largest absolute Gasteiger partial charge is 0.493 e. The summed E-state index contributed by atoms with van der Waals surface area (Å²) in [4.78, 5) is 12.5. The van der Waals surface area contributed by atoms with E-state index in [1.165, 1.54) is 21.3 Å². The van der Waals surface area contributed by atoms with Crippen LogP contribution in [-0.2, 0) is 0 Å². The molecule has 0 aliphatic heterocycles. The van der Waals surface area contributed by atoms with Gasteiger partial charge in [0.25, 0.3) is 5.91 Å². The van der Waals surface area contributed by atoms with Crippen molar-refractivity contribution in [3.05, 3.63) is 17.7 Å². The number of benzene rings is 1. The highest BCUT2D eigenvalue weighted by Gasteiger charge is 2.26. The van der Waals surface area contributed by atoms with Gasteiger partial charge in [-0.15, -0.1) is 0 Å². The molecular weight excluding hydrogens is 284 g/mol.